The van der Waals surface area contributed by atoms with E-state index in [9.17, 15) is 9.59 Å². The van der Waals surface area contributed by atoms with Crippen LogP contribution in [0.1, 0.15) is 41.5 Å². The lowest BCUT2D eigenvalue weighted by molar-refractivity contribution is -0.153. The number of hydrogen-bond acceptors (Lipinski definition) is 3. The normalized spacial score (nSPS) is 21.8. The third kappa shape index (κ3) is 3.44. The Morgan fingerprint density at radius 1 is 0.711 bits per heavy atom. The zero-order valence-electron chi connectivity index (χ0n) is 21.0. The van der Waals surface area contributed by atoms with E-state index in [1.807, 2.05) is 121 Å². The Bertz CT molecular complexity index is 1420. The Labute approximate surface area is 222 Å². The van der Waals surface area contributed by atoms with Gasteiger partial charge in [0.25, 0.3) is 0 Å². The van der Waals surface area contributed by atoms with Crippen LogP contribution in [0.25, 0.3) is 5.57 Å². The van der Waals surface area contributed by atoms with Crippen molar-refractivity contribution in [1.82, 2.24) is 0 Å². The number of cyclic esters (lactones) is 1. The van der Waals surface area contributed by atoms with Gasteiger partial charge in [0.1, 0.15) is 0 Å². The van der Waals surface area contributed by atoms with Crippen molar-refractivity contribution in [3.8, 4) is 0 Å². The van der Waals surface area contributed by atoms with Crippen LogP contribution in [0.3, 0.4) is 0 Å². The molecule has 4 aromatic carbocycles. The molecule has 38 heavy (non-hydrogen) atoms. The summed E-state index contributed by atoms with van der Waals surface area (Å²) in [6.45, 7) is 0. The molecule has 2 atom stereocenters. The molecule has 1 heterocycles. The molecule has 2 N–H and O–H groups in total. The average Bonchev–Trinajstić information content (AvgIpc) is 3.26. The van der Waals surface area contributed by atoms with Crippen molar-refractivity contribution in [1.29, 1.82) is 0 Å². The first-order valence-electron chi connectivity index (χ1n) is 13.1. The van der Waals surface area contributed by atoms with Gasteiger partial charge in [0.2, 0.25) is 5.91 Å². The number of esters is 1. The fraction of sp³-hybridized carbons (Fsp3) is 0.176. The van der Waals surface area contributed by atoms with E-state index in [1.54, 1.807) is 0 Å². The summed E-state index contributed by atoms with van der Waals surface area (Å²) in [4.78, 5) is 28.1. The second-order valence-corrected chi connectivity index (χ2v) is 10.1. The quantitative estimate of drug-likeness (QED) is 0.260. The van der Waals surface area contributed by atoms with Crippen molar-refractivity contribution in [3.63, 3.8) is 0 Å². The van der Waals surface area contributed by atoms with E-state index in [-0.39, 0.29) is 0 Å². The monoisotopic (exact) mass is 499 g/mol. The summed E-state index contributed by atoms with van der Waals surface area (Å²) < 4.78 is 6.51. The Kier molecular flexibility index (Phi) is 5.96. The number of nitrogens with two attached hydrogens (primary N) is 1. The minimum absolute atomic E-state index is 0.504. The first kappa shape index (κ1) is 23.9. The molecule has 4 aromatic rings. The van der Waals surface area contributed by atoms with Gasteiger partial charge in [-0.2, -0.15) is 0 Å². The molecule has 2 fully saturated rings. The SMILES string of the molecule is NC(=O)C12C(=O)OC(c3ccccc3)(c3ccccc3)C1CCCC2=C(c1ccccc1)c1ccccc1. The summed E-state index contributed by atoms with van der Waals surface area (Å²) in [5.41, 5.74) is 8.77. The standard InChI is InChI=1S/C34H29NO3/c35-31(36)33-28(30(24-14-5-1-6-15-24)25-16-7-2-8-17-25)22-13-23-29(33)34(38-32(33)37,26-18-9-3-10-19-26)27-20-11-4-12-21-27/h1-12,14-21,29H,13,22-23H2,(H2,35,36). The molecule has 1 saturated carbocycles. The molecule has 0 aromatic heterocycles. The number of hydrogen-bond donors (Lipinski definition) is 1. The van der Waals surface area contributed by atoms with E-state index in [0.29, 0.717) is 12.8 Å². The fourth-order valence-electron chi connectivity index (χ4n) is 6.70. The van der Waals surface area contributed by atoms with Crippen molar-refractivity contribution in [3.05, 3.63) is 149 Å². The van der Waals surface area contributed by atoms with E-state index in [0.717, 1.165) is 39.8 Å². The zero-order chi connectivity index (χ0) is 26.2. The average molecular weight is 500 g/mol. The fourth-order valence-corrected chi connectivity index (χ4v) is 6.70. The number of primary amides is 1. The summed E-state index contributed by atoms with van der Waals surface area (Å²) >= 11 is 0. The van der Waals surface area contributed by atoms with Crippen molar-refractivity contribution in [2.45, 2.75) is 24.9 Å². The van der Waals surface area contributed by atoms with Gasteiger partial charge in [0.05, 0.1) is 0 Å². The highest BCUT2D eigenvalue weighted by Crippen LogP contribution is 2.63. The van der Waals surface area contributed by atoms with Gasteiger partial charge in [0, 0.05) is 17.0 Å². The predicted molar refractivity (Wildman–Crippen MR) is 148 cm³/mol. The molecular formula is C34H29NO3. The molecule has 0 spiro atoms. The van der Waals surface area contributed by atoms with Crippen LogP contribution < -0.4 is 5.73 Å². The number of rotatable bonds is 5. The van der Waals surface area contributed by atoms with Crippen LogP contribution >= 0.6 is 0 Å². The number of carbonyl (C=O) groups excluding carboxylic acids is 2. The zero-order valence-corrected chi connectivity index (χ0v) is 21.0. The number of carbonyl (C=O) groups is 2. The topological polar surface area (TPSA) is 69.4 Å². The first-order chi connectivity index (χ1) is 18.6. The van der Waals surface area contributed by atoms with E-state index in [2.05, 4.69) is 0 Å². The van der Waals surface area contributed by atoms with Crippen molar-refractivity contribution in [2.24, 2.45) is 17.1 Å². The molecule has 1 saturated heterocycles. The lowest BCUT2D eigenvalue weighted by atomic mass is 9.55. The Morgan fingerprint density at radius 3 is 1.61 bits per heavy atom. The van der Waals surface area contributed by atoms with Crippen LogP contribution in [-0.4, -0.2) is 11.9 Å². The largest absolute Gasteiger partial charge is 0.448 e. The highest BCUT2D eigenvalue weighted by molar-refractivity contribution is 6.10. The number of amides is 1. The van der Waals surface area contributed by atoms with Crippen molar-refractivity contribution in [2.75, 3.05) is 0 Å². The lowest BCUT2D eigenvalue weighted by Gasteiger charge is -2.43. The predicted octanol–water partition coefficient (Wildman–Crippen LogP) is 6.26. The van der Waals surface area contributed by atoms with E-state index < -0.39 is 28.8 Å². The van der Waals surface area contributed by atoms with E-state index >= 15 is 0 Å². The molecule has 1 aliphatic heterocycles. The summed E-state index contributed by atoms with van der Waals surface area (Å²) in [6.07, 6.45) is 2.00. The maximum atomic E-state index is 14.4. The Balaban J connectivity index is 1.70. The van der Waals surface area contributed by atoms with Crippen molar-refractivity contribution < 1.29 is 14.3 Å². The van der Waals surface area contributed by atoms with Crippen LogP contribution in [0, 0.1) is 11.3 Å². The van der Waals surface area contributed by atoms with Gasteiger partial charge >= 0.3 is 5.97 Å². The molecule has 2 unspecified atom stereocenters. The molecule has 0 bridgehead atoms. The highest BCUT2D eigenvalue weighted by Gasteiger charge is 2.71. The van der Waals surface area contributed by atoms with E-state index in [1.165, 1.54) is 0 Å². The molecule has 4 nitrogen and oxygen atoms in total. The third-order valence-corrected chi connectivity index (χ3v) is 8.21. The molecule has 1 amide bonds. The van der Waals surface area contributed by atoms with Gasteiger partial charge < -0.3 is 10.5 Å². The van der Waals surface area contributed by atoms with Gasteiger partial charge in [-0.15, -0.1) is 0 Å². The van der Waals surface area contributed by atoms with Gasteiger partial charge in [-0.25, -0.2) is 0 Å². The maximum absolute atomic E-state index is 14.4. The lowest BCUT2D eigenvalue weighted by Crippen LogP contribution is -2.52. The molecule has 188 valence electrons. The van der Waals surface area contributed by atoms with Gasteiger partial charge in [-0.3, -0.25) is 9.59 Å². The van der Waals surface area contributed by atoms with E-state index in [4.69, 9.17) is 10.5 Å². The van der Waals surface area contributed by atoms with Crippen LogP contribution in [0.5, 0.6) is 0 Å². The molecule has 0 radical (unpaired) electrons. The highest BCUT2D eigenvalue weighted by atomic mass is 16.6. The second-order valence-electron chi connectivity index (χ2n) is 10.1. The molecule has 1 aliphatic carbocycles. The number of fused-ring (bicyclic) bond motifs is 1. The van der Waals surface area contributed by atoms with Gasteiger partial charge in [-0.05, 0) is 41.5 Å². The summed E-state index contributed by atoms with van der Waals surface area (Å²) in [7, 11) is 0. The number of benzene rings is 4. The molecule has 6 rings (SSSR count). The number of ether oxygens (including phenoxy) is 1. The van der Waals surface area contributed by atoms with Crippen LogP contribution in [0.15, 0.2) is 127 Å². The first-order valence-corrected chi connectivity index (χ1v) is 13.1. The maximum Gasteiger partial charge on any atom is 0.327 e. The van der Waals surface area contributed by atoms with Gasteiger partial charge in [0.15, 0.2) is 11.0 Å². The van der Waals surface area contributed by atoms with Gasteiger partial charge in [-0.1, -0.05) is 121 Å². The molecular weight excluding hydrogens is 470 g/mol. The second kappa shape index (κ2) is 9.46. The Morgan fingerprint density at radius 2 is 1.16 bits per heavy atom. The van der Waals surface area contributed by atoms with Crippen LogP contribution in [0.4, 0.5) is 0 Å². The van der Waals surface area contributed by atoms with Crippen LogP contribution in [-0.2, 0) is 19.9 Å². The summed E-state index contributed by atoms with van der Waals surface area (Å²) in [5.74, 6) is -1.72. The third-order valence-electron chi connectivity index (χ3n) is 8.21. The smallest absolute Gasteiger partial charge is 0.327 e. The summed E-state index contributed by atoms with van der Waals surface area (Å²) in [6, 6.07) is 39.5. The van der Waals surface area contributed by atoms with Crippen molar-refractivity contribution >= 4 is 17.4 Å². The minimum Gasteiger partial charge on any atom is -0.448 e. The Hall–Kier alpha value is -4.44. The summed E-state index contributed by atoms with van der Waals surface area (Å²) in [5, 5.41) is 0. The molecule has 2 aliphatic rings. The molecule has 4 heteroatoms. The minimum atomic E-state index is -1.61. The van der Waals surface area contributed by atoms with Crippen LogP contribution in [0.2, 0.25) is 0 Å².